The van der Waals surface area contributed by atoms with Gasteiger partial charge in [0.05, 0.1) is 5.56 Å². The fraction of sp³-hybridized carbons (Fsp3) is 0. The zero-order valence-electron chi connectivity index (χ0n) is 10.3. The van der Waals surface area contributed by atoms with Crippen LogP contribution in [0, 0.1) is 0 Å². The van der Waals surface area contributed by atoms with Gasteiger partial charge in [-0.2, -0.15) is 0 Å². The Kier molecular flexibility index (Phi) is 3.61. The monoisotopic (exact) mass is 272 g/mol. The van der Waals surface area contributed by atoms with E-state index in [1.54, 1.807) is 0 Å². The van der Waals surface area contributed by atoms with E-state index in [9.17, 15) is 25.2 Å². The van der Waals surface area contributed by atoms with Crippen molar-refractivity contribution in [3.05, 3.63) is 53.6 Å². The van der Waals surface area contributed by atoms with Crippen LogP contribution < -0.4 is 0 Å². The third kappa shape index (κ3) is 2.72. The summed E-state index contributed by atoms with van der Waals surface area (Å²) in [5.74, 6) is -1.56. The van der Waals surface area contributed by atoms with Crippen molar-refractivity contribution in [3.8, 4) is 23.0 Å². The lowest BCUT2D eigenvalue weighted by Crippen LogP contribution is -1.94. The average molecular weight is 272 g/mol. The van der Waals surface area contributed by atoms with Crippen molar-refractivity contribution in [2.24, 2.45) is 0 Å². The molecule has 0 spiro atoms. The number of allylic oxidation sites excluding steroid dienone is 1. The summed E-state index contributed by atoms with van der Waals surface area (Å²) >= 11 is 0. The maximum Gasteiger partial charge on any atom is 0.189 e. The molecule has 0 saturated heterocycles. The van der Waals surface area contributed by atoms with E-state index in [1.165, 1.54) is 36.4 Å². The summed E-state index contributed by atoms with van der Waals surface area (Å²) < 4.78 is 0. The first kappa shape index (κ1) is 13.5. The Morgan fingerprint density at radius 2 is 1.70 bits per heavy atom. The number of aromatic hydroxyl groups is 4. The smallest absolute Gasteiger partial charge is 0.189 e. The van der Waals surface area contributed by atoms with Crippen LogP contribution in [0.1, 0.15) is 15.9 Å². The number of para-hydroxylation sites is 1. The molecular formula is C15H12O5. The minimum atomic E-state index is -0.541. The molecule has 102 valence electrons. The lowest BCUT2D eigenvalue weighted by Gasteiger charge is -2.02. The second-order valence-corrected chi connectivity index (χ2v) is 4.11. The molecule has 2 rings (SSSR count). The van der Waals surface area contributed by atoms with Gasteiger partial charge in [-0.15, -0.1) is 0 Å². The summed E-state index contributed by atoms with van der Waals surface area (Å²) in [5, 5.41) is 37.7. The van der Waals surface area contributed by atoms with Gasteiger partial charge < -0.3 is 20.4 Å². The fourth-order valence-electron chi connectivity index (χ4n) is 1.66. The van der Waals surface area contributed by atoms with Crippen molar-refractivity contribution in [1.82, 2.24) is 0 Å². The quantitative estimate of drug-likeness (QED) is 0.298. The normalized spacial score (nSPS) is 10.8. The van der Waals surface area contributed by atoms with Crippen LogP contribution in [0.2, 0.25) is 0 Å². The van der Waals surface area contributed by atoms with E-state index < -0.39 is 5.78 Å². The highest BCUT2D eigenvalue weighted by molar-refractivity contribution is 6.08. The third-order valence-corrected chi connectivity index (χ3v) is 2.71. The van der Waals surface area contributed by atoms with E-state index in [2.05, 4.69) is 0 Å². The van der Waals surface area contributed by atoms with E-state index in [1.807, 2.05) is 0 Å². The number of ketones is 1. The summed E-state index contributed by atoms with van der Waals surface area (Å²) in [4.78, 5) is 11.9. The van der Waals surface area contributed by atoms with Crippen molar-refractivity contribution < 1.29 is 25.2 Å². The molecule has 0 radical (unpaired) electrons. The largest absolute Gasteiger partial charge is 0.508 e. The van der Waals surface area contributed by atoms with Gasteiger partial charge in [0, 0.05) is 5.56 Å². The van der Waals surface area contributed by atoms with Crippen molar-refractivity contribution in [1.29, 1.82) is 0 Å². The molecule has 5 nitrogen and oxygen atoms in total. The first-order chi connectivity index (χ1) is 9.49. The Balaban J connectivity index is 2.29. The van der Waals surface area contributed by atoms with Crippen LogP contribution in [0.15, 0.2) is 42.5 Å². The number of carbonyl (C=O) groups is 1. The van der Waals surface area contributed by atoms with Crippen molar-refractivity contribution in [3.63, 3.8) is 0 Å². The fourth-order valence-corrected chi connectivity index (χ4v) is 1.66. The summed E-state index contributed by atoms with van der Waals surface area (Å²) in [6, 6.07) is 7.96. The lowest BCUT2D eigenvalue weighted by atomic mass is 10.1. The van der Waals surface area contributed by atoms with Crippen LogP contribution in [0.25, 0.3) is 6.08 Å². The predicted molar refractivity (Wildman–Crippen MR) is 72.9 cm³/mol. The van der Waals surface area contributed by atoms with Gasteiger partial charge in [-0.25, -0.2) is 0 Å². The highest BCUT2D eigenvalue weighted by Gasteiger charge is 2.10. The first-order valence-electron chi connectivity index (χ1n) is 5.74. The molecule has 0 fully saturated rings. The molecule has 20 heavy (non-hydrogen) atoms. The van der Waals surface area contributed by atoms with Crippen molar-refractivity contribution in [2.75, 3.05) is 0 Å². The number of rotatable bonds is 3. The summed E-state index contributed by atoms with van der Waals surface area (Å²) in [5.41, 5.74) is 0.207. The van der Waals surface area contributed by atoms with Gasteiger partial charge in [0.25, 0.3) is 0 Å². The molecule has 0 amide bonds. The number of hydrogen-bond acceptors (Lipinski definition) is 5. The third-order valence-electron chi connectivity index (χ3n) is 2.71. The number of phenolic OH excluding ortho intramolecular Hbond substituents is 4. The molecule has 0 unspecified atom stereocenters. The molecule has 0 bridgehead atoms. The topological polar surface area (TPSA) is 98.0 Å². The zero-order valence-corrected chi connectivity index (χ0v) is 10.3. The average Bonchev–Trinajstić information content (AvgIpc) is 2.43. The number of carbonyl (C=O) groups excluding carboxylic acids is 1. The standard InChI is InChI=1S/C15H12O5/c16-10-5-7-13(18)11(8-10)12(17)6-4-9-2-1-3-14(19)15(9)20/h1-8,16,18-20H. The minimum absolute atomic E-state index is 0.0547. The Morgan fingerprint density at radius 3 is 2.45 bits per heavy atom. The molecule has 5 heteroatoms. The maximum absolute atomic E-state index is 11.9. The van der Waals surface area contributed by atoms with Gasteiger partial charge in [-0.05, 0) is 36.4 Å². The second kappa shape index (κ2) is 5.36. The Morgan fingerprint density at radius 1 is 0.950 bits per heavy atom. The summed E-state index contributed by atoms with van der Waals surface area (Å²) in [6.07, 6.45) is 2.43. The maximum atomic E-state index is 11.9. The van der Waals surface area contributed by atoms with Gasteiger partial charge in [-0.1, -0.05) is 12.1 Å². The van der Waals surface area contributed by atoms with Crippen LogP contribution in [0.3, 0.4) is 0 Å². The molecule has 0 heterocycles. The second-order valence-electron chi connectivity index (χ2n) is 4.11. The minimum Gasteiger partial charge on any atom is -0.508 e. The summed E-state index contributed by atoms with van der Waals surface area (Å²) in [6.45, 7) is 0. The molecule has 2 aromatic rings. The molecule has 0 atom stereocenters. The number of hydrogen-bond donors (Lipinski definition) is 4. The predicted octanol–water partition coefficient (Wildman–Crippen LogP) is 2.41. The van der Waals surface area contributed by atoms with E-state index in [0.29, 0.717) is 0 Å². The molecule has 2 aromatic carbocycles. The molecule has 0 aromatic heterocycles. The van der Waals surface area contributed by atoms with Gasteiger partial charge in [0.15, 0.2) is 17.3 Å². The number of benzene rings is 2. The highest BCUT2D eigenvalue weighted by atomic mass is 16.3. The van der Waals surface area contributed by atoms with Crippen LogP contribution in [-0.2, 0) is 0 Å². The van der Waals surface area contributed by atoms with Crippen LogP contribution in [0.4, 0.5) is 0 Å². The van der Waals surface area contributed by atoms with Crippen LogP contribution >= 0.6 is 0 Å². The van der Waals surface area contributed by atoms with Gasteiger partial charge in [0.2, 0.25) is 0 Å². The zero-order chi connectivity index (χ0) is 14.7. The van der Waals surface area contributed by atoms with Gasteiger partial charge in [-0.3, -0.25) is 4.79 Å². The Labute approximate surface area is 114 Å². The Bertz CT molecular complexity index is 689. The first-order valence-corrected chi connectivity index (χ1v) is 5.74. The van der Waals surface area contributed by atoms with Crippen LogP contribution in [-0.4, -0.2) is 26.2 Å². The van der Waals surface area contributed by atoms with Crippen molar-refractivity contribution >= 4 is 11.9 Å². The van der Waals surface area contributed by atoms with Gasteiger partial charge >= 0.3 is 0 Å². The Hall–Kier alpha value is -2.95. The van der Waals surface area contributed by atoms with E-state index in [-0.39, 0.29) is 34.1 Å². The molecule has 0 aliphatic rings. The molecule has 0 aliphatic heterocycles. The molecule has 0 aliphatic carbocycles. The van der Waals surface area contributed by atoms with Gasteiger partial charge in [0.1, 0.15) is 11.5 Å². The highest BCUT2D eigenvalue weighted by Crippen LogP contribution is 2.29. The molecule has 0 saturated carbocycles. The number of phenols is 4. The SMILES string of the molecule is O=C(C=Cc1cccc(O)c1O)c1cc(O)ccc1O. The van der Waals surface area contributed by atoms with E-state index in [4.69, 9.17) is 0 Å². The van der Waals surface area contributed by atoms with Crippen molar-refractivity contribution in [2.45, 2.75) is 0 Å². The summed E-state index contributed by atoms with van der Waals surface area (Å²) in [7, 11) is 0. The van der Waals surface area contributed by atoms with E-state index >= 15 is 0 Å². The van der Waals surface area contributed by atoms with Crippen LogP contribution in [0.5, 0.6) is 23.0 Å². The lowest BCUT2D eigenvalue weighted by molar-refractivity contribution is 0.104. The molecular weight excluding hydrogens is 260 g/mol. The molecule has 4 N–H and O–H groups in total. The van der Waals surface area contributed by atoms with E-state index in [0.717, 1.165) is 12.1 Å².